The maximum atomic E-state index is 12.0. The molecule has 0 spiro atoms. The van der Waals surface area contributed by atoms with E-state index in [4.69, 9.17) is 9.47 Å². The minimum Gasteiger partial charge on any atom is -0.495 e. The van der Waals surface area contributed by atoms with Gasteiger partial charge in [0.2, 0.25) is 0 Å². The summed E-state index contributed by atoms with van der Waals surface area (Å²) in [5.41, 5.74) is 0.834. The predicted molar refractivity (Wildman–Crippen MR) is 77.2 cm³/mol. The smallest absolute Gasteiger partial charge is 0.357 e. The van der Waals surface area contributed by atoms with Crippen LogP contribution in [0.15, 0.2) is 48.4 Å². The quantitative estimate of drug-likeness (QED) is 0.547. The molecule has 0 saturated carbocycles. The van der Waals surface area contributed by atoms with Crippen LogP contribution in [0.2, 0.25) is 0 Å². The molecule has 0 saturated heterocycles. The number of aromatic nitrogens is 3. The molecule has 0 radical (unpaired) electrons. The summed E-state index contributed by atoms with van der Waals surface area (Å²) in [6, 6.07) is 8.73. The second kappa shape index (κ2) is 5.76. The van der Waals surface area contributed by atoms with Crippen LogP contribution in [0.4, 0.5) is 0 Å². The summed E-state index contributed by atoms with van der Waals surface area (Å²) < 4.78 is 12.0. The number of hydrogen-bond donors (Lipinski definition) is 0. The maximum Gasteiger partial charge on any atom is 0.357 e. The molecule has 0 bridgehead atoms. The maximum absolute atomic E-state index is 12.0. The fraction of sp³-hybridized carbons (Fsp3) is 0.0714. The van der Waals surface area contributed by atoms with Crippen LogP contribution >= 0.6 is 11.3 Å². The van der Waals surface area contributed by atoms with Crippen LogP contribution in [0.25, 0.3) is 5.69 Å². The van der Waals surface area contributed by atoms with E-state index in [1.54, 1.807) is 46.7 Å². The number of hydrogen-bond acceptors (Lipinski definition) is 6. The van der Waals surface area contributed by atoms with E-state index in [1.807, 2.05) is 0 Å². The summed E-state index contributed by atoms with van der Waals surface area (Å²) >= 11 is 1.28. The lowest BCUT2D eigenvalue weighted by Crippen LogP contribution is -2.07. The molecule has 0 N–H and O–H groups in total. The monoisotopic (exact) mass is 301 g/mol. The number of ether oxygens (including phenoxy) is 2. The van der Waals surface area contributed by atoms with Gasteiger partial charge in [-0.2, -0.15) is 5.10 Å². The third kappa shape index (κ3) is 2.77. The fourth-order valence-electron chi connectivity index (χ4n) is 1.77. The number of benzene rings is 1. The van der Waals surface area contributed by atoms with Gasteiger partial charge in [-0.15, -0.1) is 11.3 Å². The van der Waals surface area contributed by atoms with Gasteiger partial charge < -0.3 is 9.47 Å². The molecule has 106 valence electrons. The van der Waals surface area contributed by atoms with Gasteiger partial charge in [0, 0.05) is 0 Å². The molecule has 0 unspecified atom stereocenters. The Morgan fingerprint density at radius 3 is 2.71 bits per heavy atom. The van der Waals surface area contributed by atoms with Gasteiger partial charge >= 0.3 is 5.97 Å². The molecular weight excluding hydrogens is 290 g/mol. The molecule has 0 amide bonds. The van der Waals surface area contributed by atoms with Crippen LogP contribution in [0, 0.1) is 0 Å². The van der Waals surface area contributed by atoms with Crippen LogP contribution in [0.3, 0.4) is 0 Å². The molecule has 21 heavy (non-hydrogen) atoms. The summed E-state index contributed by atoms with van der Waals surface area (Å²) in [4.78, 5) is 16.4. The number of carbonyl (C=O) groups excluding carboxylic acids is 1. The van der Waals surface area contributed by atoms with Crippen LogP contribution in [-0.2, 0) is 0 Å². The van der Waals surface area contributed by atoms with Crippen LogP contribution in [0.5, 0.6) is 11.5 Å². The van der Waals surface area contributed by atoms with E-state index in [-0.39, 0.29) is 0 Å². The highest BCUT2D eigenvalue weighted by atomic mass is 32.1. The number of nitrogens with zero attached hydrogens (tertiary/aromatic N) is 3. The Labute approximate surface area is 124 Å². The van der Waals surface area contributed by atoms with E-state index in [0.29, 0.717) is 16.4 Å². The van der Waals surface area contributed by atoms with Gasteiger partial charge in [0.15, 0.2) is 4.88 Å². The Kier molecular flexibility index (Phi) is 3.65. The molecule has 0 aliphatic heterocycles. The number of esters is 1. The number of rotatable bonds is 4. The van der Waals surface area contributed by atoms with E-state index in [0.717, 1.165) is 5.69 Å². The van der Waals surface area contributed by atoms with Crippen molar-refractivity contribution in [3.63, 3.8) is 0 Å². The van der Waals surface area contributed by atoms with Crippen molar-refractivity contribution in [2.45, 2.75) is 0 Å². The Balaban J connectivity index is 1.75. The molecule has 7 heteroatoms. The zero-order chi connectivity index (χ0) is 14.7. The van der Waals surface area contributed by atoms with Crippen molar-refractivity contribution in [3.8, 4) is 17.2 Å². The molecule has 0 fully saturated rings. The zero-order valence-corrected chi connectivity index (χ0v) is 11.9. The van der Waals surface area contributed by atoms with Crippen LogP contribution in [0.1, 0.15) is 9.67 Å². The summed E-state index contributed by atoms with van der Waals surface area (Å²) in [5.74, 6) is 0.541. The zero-order valence-electron chi connectivity index (χ0n) is 11.1. The predicted octanol–water partition coefficient (Wildman–Crippen LogP) is 2.56. The molecule has 2 aromatic heterocycles. The van der Waals surface area contributed by atoms with E-state index >= 15 is 0 Å². The minimum absolute atomic E-state index is 0.435. The van der Waals surface area contributed by atoms with Gasteiger partial charge in [-0.1, -0.05) is 0 Å². The van der Waals surface area contributed by atoms with Gasteiger partial charge in [-0.25, -0.2) is 14.5 Å². The van der Waals surface area contributed by atoms with Gasteiger partial charge in [-0.3, -0.25) is 0 Å². The molecule has 6 nitrogen and oxygen atoms in total. The summed E-state index contributed by atoms with van der Waals surface area (Å²) in [6.07, 6.45) is 3.05. The Morgan fingerprint density at radius 2 is 2.05 bits per heavy atom. The molecule has 0 aliphatic rings. The Bertz CT molecular complexity index is 735. The third-order valence-electron chi connectivity index (χ3n) is 2.76. The Hall–Kier alpha value is -2.67. The summed E-state index contributed by atoms with van der Waals surface area (Å²) in [7, 11) is 1.52. The van der Waals surface area contributed by atoms with Crippen molar-refractivity contribution in [1.29, 1.82) is 0 Å². The molecule has 1 aromatic carbocycles. The van der Waals surface area contributed by atoms with Crippen LogP contribution < -0.4 is 9.47 Å². The highest BCUT2D eigenvalue weighted by molar-refractivity contribution is 7.12. The van der Waals surface area contributed by atoms with Crippen molar-refractivity contribution in [1.82, 2.24) is 14.8 Å². The lowest BCUT2D eigenvalue weighted by molar-refractivity contribution is 0.0737. The number of methoxy groups -OCH3 is 1. The van der Waals surface area contributed by atoms with Crippen LogP contribution in [-0.4, -0.2) is 27.8 Å². The topological polar surface area (TPSA) is 66.2 Å². The average molecular weight is 301 g/mol. The third-order valence-corrected chi connectivity index (χ3v) is 3.64. The molecule has 0 aliphatic carbocycles. The summed E-state index contributed by atoms with van der Waals surface area (Å²) in [5, 5.41) is 5.80. The minimum atomic E-state index is -0.435. The second-order valence-corrected chi connectivity index (χ2v) is 4.96. The first-order valence-electron chi connectivity index (χ1n) is 6.06. The largest absolute Gasteiger partial charge is 0.495 e. The molecule has 2 heterocycles. The first kappa shape index (κ1) is 13.3. The van der Waals surface area contributed by atoms with E-state index < -0.39 is 5.97 Å². The molecule has 3 aromatic rings. The van der Waals surface area contributed by atoms with Crippen molar-refractivity contribution in [2.24, 2.45) is 0 Å². The first-order valence-corrected chi connectivity index (χ1v) is 6.94. The van der Waals surface area contributed by atoms with Crippen molar-refractivity contribution in [2.75, 3.05) is 7.11 Å². The molecule has 3 rings (SSSR count). The highest BCUT2D eigenvalue weighted by Crippen LogP contribution is 2.26. The molecular formula is C14H11N3O3S. The molecule has 0 atom stereocenters. The SMILES string of the molecule is COc1ccsc1C(=O)Oc1ccc(-n2cncn2)cc1. The van der Waals surface area contributed by atoms with Crippen molar-refractivity contribution < 1.29 is 14.3 Å². The first-order chi connectivity index (χ1) is 10.3. The number of thiophene rings is 1. The van der Waals surface area contributed by atoms with Gasteiger partial charge in [0.05, 0.1) is 12.8 Å². The second-order valence-electron chi connectivity index (χ2n) is 4.04. The van der Waals surface area contributed by atoms with Gasteiger partial charge in [0.25, 0.3) is 0 Å². The normalized spacial score (nSPS) is 10.3. The van der Waals surface area contributed by atoms with Gasteiger partial charge in [-0.05, 0) is 35.7 Å². The number of carbonyl (C=O) groups is 1. The van der Waals surface area contributed by atoms with E-state index in [9.17, 15) is 4.79 Å². The van der Waals surface area contributed by atoms with E-state index in [1.165, 1.54) is 24.8 Å². The van der Waals surface area contributed by atoms with Crippen molar-refractivity contribution in [3.05, 3.63) is 53.2 Å². The lowest BCUT2D eigenvalue weighted by Gasteiger charge is -2.06. The van der Waals surface area contributed by atoms with Crippen molar-refractivity contribution >= 4 is 17.3 Å². The fourth-order valence-corrected chi connectivity index (χ4v) is 2.50. The van der Waals surface area contributed by atoms with Gasteiger partial charge in [0.1, 0.15) is 24.2 Å². The standard InChI is InChI=1S/C14H11N3O3S/c1-19-12-6-7-21-13(12)14(18)20-11-4-2-10(3-5-11)17-9-15-8-16-17/h2-9H,1H3. The highest BCUT2D eigenvalue weighted by Gasteiger charge is 2.16. The Morgan fingerprint density at radius 1 is 1.24 bits per heavy atom. The van der Waals surface area contributed by atoms with E-state index in [2.05, 4.69) is 10.1 Å². The average Bonchev–Trinajstić information content (AvgIpc) is 3.19. The lowest BCUT2D eigenvalue weighted by atomic mass is 10.3. The summed E-state index contributed by atoms with van der Waals surface area (Å²) in [6.45, 7) is 0.